The maximum absolute atomic E-state index is 13.0. The summed E-state index contributed by atoms with van der Waals surface area (Å²) in [5.74, 6) is 1.09. The average molecular weight is 406 g/mol. The van der Waals surface area contributed by atoms with E-state index < -0.39 is 5.60 Å². The van der Waals surface area contributed by atoms with Crippen LogP contribution >= 0.6 is 11.3 Å². The van der Waals surface area contributed by atoms with Crippen molar-refractivity contribution in [2.45, 2.75) is 78.4 Å². The number of carbonyl (C=O) groups excluding carboxylic acids is 1. The largest absolute Gasteiger partial charge is 0.388 e. The van der Waals surface area contributed by atoms with E-state index >= 15 is 0 Å². The lowest BCUT2D eigenvalue weighted by atomic mass is 9.95. The molecule has 3 rings (SSSR count). The first kappa shape index (κ1) is 21.0. The molecule has 0 fully saturated rings. The van der Waals surface area contributed by atoms with Gasteiger partial charge in [0.15, 0.2) is 0 Å². The molecule has 0 spiro atoms. The second kappa shape index (κ2) is 8.33. The number of aliphatic hydroxyl groups is 1. The minimum atomic E-state index is -0.945. The number of carbonyl (C=O) groups is 1. The molecular weight excluding hydrogens is 374 g/mol. The lowest BCUT2D eigenvalue weighted by molar-refractivity contribution is 0.0430. The first-order chi connectivity index (χ1) is 13.2. The molecule has 1 aliphatic heterocycles. The molecule has 0 radical (unpaired) electrons. The van der Waals surface area contributed by atoms with Crippen LogP contribution in [0.5, 0.6) is 0 Å². The average Bonchev–Trinajstić information content (AvgIpc) is 2.80. The highest BCUT2D eigenvalue weighted by molar-refractivity contribution is 7.20. The van der Waals surface area contributed by atoms with Crippen LogP contribution in [0.2, 0.25) is 0 Å². The van der Waals surface area contributed by atoms with Crippen LogP contribution < -0.4 is 10.9 Å². The van der Waals surface area contributed by atoms with Gasteiger partial charge in [-0.25, -0.2) is 4.98 Å². The Hall–Kier alpha value is -1.73. The third-order valence-electron chi connectivity index (χ3n) is 5.51. The van der Waals surface area contributed by atoms with Gasteiger partial charge < -0.3 is 10.4 Å². The Labute approximate surface area is 170 Å². The fraction of sp³-hybridized carbons (Fsp3) is 0.667. The zero-order valence-corrected chi connectivity index (χ0v) is 18.1. The van der Waals surface area contributed by atoms with Gasteiger partial charge in [-0.15, -0.1) is 11.3 Å². The quantitative estimate of drug-likeness (QED) is 0.771. The second-order valence-electron chi connectivity index (χ2n) is 8.64. The Morgan fingerprint density at radius 3 is 2.82 bits per heavy atom. The summed E-state index contributed by atoms with van der Waals surface area (Å²) in [7, 11) is 0. The van der Waals surface area contributed by atoms with E-state index in [0.29, 0.717) is 39.5 Å². The van der Waals surface area contributed by atoms with Crippen LogP contribution in [0, 0.1) is 12.8 Å². The van der Waals surface area contributed by atoms with Crippen molar-refractivity contribution >= 4 is 27.5 Å². The topological polar surface area (TPSA) is 84.2 Å². The molecule has 1 aliphatic rings. The number of nitrogens with one attached hydrogen (secondary N) is 1. The number of hydrogen-bond acceptors (Lipinski definition) is 5. The number of aromatic nitrogens is 2. The van der Waals surface area contributed by atoms with Crippen LogP contribution in [0.15, 0.2) is 4.79 Å². The molecule has 3 heterocycles. The number of rotatable bonds is 6. The highest BCUT2D eigenvalue weighted by atomic mass is 32.1. The molecule has 0 unspecified atom stereocenters. The number of nitrogens with zero attached hydrogens (tertiary/aromatic N) is 2. The standard InChI is InChI=1S/C21H31N3O3S/c1-13(2)9-10-21(4,27)12-22-18(25)17-14(3)16-19(28-17)23-15-8-6-5-7-11-24(15)20(16)26/h13,27H,5-12H2,1-4H3,(H,22,25)/t21-/m0/s1. The molecule has 2 aromatic rings. The predicted molar refractivity (Wildman–Crippen MR) is 113 cm³/mol. The van der Waals surface area contributed by atoms with Crippen molar-refractivity contribution in [2.24, 2.45) is 5.92 Å². The fourth-order valence-corrected chi connectivity index (χ4v) is 4.77. The van der Waals surface area contributed by atoms with Gasteiger partial charge in [-0.2, -0.15) is 0 Å². The molecule has 0 aromatic carbocycles. The van der Waals surface area contributed by atoms with Crippen LogP contribution in [0.3, 0.4) is 0 Å². The summed E-state index contributed by atoms with van der Waals surface area (Å²) in [6, 6.07) is 0. The molecule has 0 saturated heterocycles. The number of fused-ring (bicyclic) bond motifs is 2. The molecule has 1 amide bonds. The molecule has 6 nitrogen and oxygen atoms in total. The lowest BCUT2D eigenvalue weighted by Crippen LogP contribution is -2.40. The summed E-state index contributed by atoms with van der Waals surface area (Å²) < 4.78 is 1.79. The minimum Gasteiger partial charge on any atom is -0.388 e. The Morgan fingerprint density at radius 2 is 2.11 bits per heavy atom. The Morgan fingerprint density at radius 1 is 1.36 bits per heavy atom. The van der Waals surface area contributed by atoms with Crippen LogP contribution in [0.4, 0.5) is 0 Å². The van der Waals surface area contributed by atoms with E-state index in [9.17, 15) is 14.7 Å². The molecule has 7 heteroatoms. The fourth-order valence-electron chi connectivity index (χ4n) is 3.67. The van der Waals surface area contributed by atoms with Crippen LogP contribution in [0.1, 0.15) is 73.9 Å². The number of thiophene rings is 1. The SMILES string of the molecule is Cc1c(C(=O)NC[C@@](C)(O)CCC(C)C)sc2nc3n(c(=O)c12)CCCCC3. The van der Waals surface area contributed by atoms with Gasteiger partial charge in [0.25, 0.3) is 11.5 Å². The summed E-state index contributed by atoms with van der Waals surface area (Å²) in [6.07, 6.45) is 5.48. The van der Waals surface area contributed by atoms with Gasteiger partial charge in [-0.3, -0.25) is 14.2 Å². The Kier molecular flexibility index (Phi) is 6.25. The van der Waals surface area contributed by atoms with Crippen molar-refractivity contribution in [3.8, 4) is 0 Å². The smallest absolute Gasteiger partial charge is 0.262 e. The van der Waals surface area contributed by atoms with Crippen molar-refractivity contribution in [1.82, 2.24) is 14.9 Å². The predicted octanol–water partition coefficient (Wildman–Crippen LogP) is 3.41. The van der Waals surface area contributed by atoms with Gasteiger partial charge in [0.05, 0.1) is 15.9 Å². The van der Waals surface area contributed by atoms with Crippen molar-refractivity contribution in [3.05, 3.63) is 26.6 Å². The molecule has 1 atom stereocenters. The van der Waals surface area contributed by atoms with Gasteiger partial charge in [-0.05, 0) is 51.0 Å². The zero-order chi connectivity index (χ0) is 20.5. The number of amides is 1. The first-order valence-electron chi connectivity index (χ1n) is 10.2. The summed E-state index contributed by atoms with van der Waals surface area (Å²) in [6.45, 7) is 8.68. The van der Waals surface area contributed by atoms with Gasteiger partial charge >= 0.3 is 0 Å². The minimum absolute atomic E-state index is 0.0290. The second-order valence-corrected chi connectivity index (χ2v) is 9.64. The van der Waals surface area contributed by atoms with Crippen molar-refractivity contribution < 1.29 is 9.90 Å². The molecule has 0 saturated carbocycles. The van der Waals surface area contributed by atoms with E-state index in [1.54, 1.807) is 11.5 Å². The maximum atomic E-state index is 13.0. The summed E-state index contributed by atoms with van der Waals surface area (Å²) in [5, 5.41) is 13.9. The highest BCUT2D eigenvalue weighted by Gasteiger charge is 2.25. The van der Waals surface area contributed by atoms with Crippen molar-refractivity contribution in [2.75, 3.05) is 6.54 Å². The van der Waals surface area contributed by atoms with E-state index in [1.165, 1.54) is 11.3 Å². The molecule has 2 aromatic heterocycles. The molecule has 0 aliphatic carbocycles. The monoisotopic (exact) mass is 405 g/mol. The van der Waals surface area contributed by atoms with E-state index in [0.717, 1.165) is 37.9 Å². The highest BCUT2D eigenvalue weighted by Crippen LogP contribution is 2.28. The van der Waals surface area contributed by atoms with Gasteiger partial charge in [0.2, 0.25) is 0 Å². The molecular formula is C21H31N3O3S. The third-order valence-corrected chi connectivity index (χ3v) is 6.69. The first-order valence-corrected chi connectivity index (χ1v) is 11.0. The van der Waals surface area contributed by atoms with Crippen molar-refractivity contribution in [3.63, 3.8) is 0 Å². The van der Waals surface area contributed by atoms with Crippen LogP contribution in [0.25, 0.3) is 10.2 Å². The van der Waals surface area contributed by atoms with Gasteiger partial charge in [0, 0.05) is 19.5 Å². The van der Waals surface area contributed by atoms with Crippen molar-refractivity contribution in [1.29, 1.82) is 0 Å². The van der Waals surface area contributed by atoms with E-state index in [1.807, 2.05) is 6.92 Å². The van der Waals surface area contributed by atoms with E-state index in [2.05, 4.69) is 19.2 Å². The number of hydrogen-bond donors (Lipinski definition) is 2. The Balaban J connectivity index is 1.83. The summed E-state index contributed by atoms with van der Waals surface area (Å²) in [4.78, 5) is 31.6. The zero-order valence-electron chi connectivity index (χ0n) is 17.3. The summed E-state index contributed by atoms with van der Waals surface area (Å²) in [5.41, 5.74) is -0.283. The third kappa shape index (κ3) is 4.46. The molecule has 28 heavy (non-hydrogen) atoms. The normalized spacial score (nSPS) is 16.6. The lowest BCUT2D eigenvalue weighted by Gasteiger charge is -2.24. The maximum Gasteiger partial charge on any atom is 0.262 e. The Bertz CT molecular complexity index is 927. The van der Waals surface area contributed by atoms with Crippen LogP contribution in [-0.4, -0.2) is 32.7 Å². The van der Waals surface area contributed by atoms with E-state index in [4.69, 9.17) is 4.98 Å². The summed E-state index contributed by atoms with van der Waals surface area (Å²) >= 11 is 1.28. The van der Waals surface area contributed by atoms with Gasteiger partial charge in [0.1, 0.15) is 10.7 Å². The number of aryl methyl sites for hydroxylation is 2. The van der Waals surface area contributed by atoms with Crippen LogP contribution in [-0.2, 0) is 13.0 Å². The van der Waals surface area contributed by atoms with E-state index in [-0.39, 0.29) is 18.0 Å². The molecule has 0 bridgehead atoms. The molecule has 2 N–H and O–H groups in total. The van der Waals surface area contributed by atoms with Gasteiger partial charge in [-0.1, -0.05) is 20.3 Å². The molecule has 154 valence electrons.